The number of halogens is 4. The van der Waals surface area contributed by atoms with E-state index in [2.05, 4.69) is 10.1 Å². The van der Waals surface area contributed by atoms with Crippen molar-refractivity contribution in [3.05, 3.63) is 35.1 Å². The second kappa shape index (κ2) is 3.90. The van der Waals surface area contributed by atoms with Crippen LogP contribution >= 0.6 is 0 Å². The van der Waals surface area contributed by atoms with Crippen molar-refractivity contribution >= 4 is 6.09 Å². The first kappa shape index (κ1) is 11.7. The zero-order valence-corrected chi connectivity index (χ0v) is 8.34. The van der Waals surface area contributed by atoms with Crippen LogP contribution in [-0.2, 0) is 10.9 Å². The fraction of sp³-hybridized carbons (Fsp3) is 0.300. The fourth-order valence-electron chi connectivity index (χ4n) is 1.54. The predicted molar refractivity (Wildman–Crippen MR) is 48.6 cm³/mol. The van der Waals surface area contributed by atoms with Gasteiger partial charge in [0, 0.05) is 5.56 Å². The molecule has 1 aromatic carbocycles. The quantitative estimate of drug-likeness (QED) is 0.777. The van der Waals surface area contributed by atoms with E-state index in [-0.39, 0.29) is 12.2 Å². The summed E-state index contributed by atoms with van der Waals surface area (Å²) in [6.45, 7) is -0.0961. The van der Waals surface area contributed by atoms with Crippen LogP contribution in [0.2, 0.25) is 0 Å². The first-order chi connectivity index (χ1) is 7.88. The Labute approximate surface area is 93.4 Å². The molecule has 92 valence electrons. The average molecular weight is 249 g/mol. The lowest BCUT2D eigenvalue weighted by atomic mass is 10.0. The molecule has 0 saturated carbocycles. The summed E-state index contributed by atoms with van der Waals surface area (Å²) in [6.07, 6.45) is -5.30. The largest absolute Gasteiger partial charge is 0.447 e. The van der Waals surface area contributed by atoms with E-state index in [0.29, 0.717) is 6.07 Å². The van der Waals surface area contributed by atoms with E-state index in [1.807, 2.05) is 0 Å². The molecule has 0 aliphatic carbocycles. The number of hydrogen-bond donors (Lipinski definition) is 1. The lowest BCUT2D eigenvalue weighted by Crippen LogP contribution is -2.19. The van der Waals surface area contributed by atoms with Crippen molar-refractivity contribution in [3.8, 4) is 0 Å². The number of hydrogen-bond acceptors (Lipinski definition) is 2. The highest BCUT2D eigenvalue weighted by Gasteiger charge is 2.33. The van der Waals surface area contributed by atoms with Crippen molar-refractivity contribution in [1.82, 2.24) is 5.32 Å². The van der Waals surface area contributed by atoms with Crippen molar-refractivity contribution in [1.29, 1.82) is 0 Å². The summed E-state index contributed by atoms with van der Waals surface area (Å²) in [4.78, 5) is 10.7. The maximum absolute atomic E-state index is 13.5. The molecule has 0 unspecified atom stereocenters. The minimum atomic E-state index is -4.59. The fourth-order valence-corrected chi connectivity index (χ4v) is 1.54. The van der Waals surface area contributed by atoms with Gasteiger partial charge in [-0.3, -0.25) is 0 Å². The summed E-state index contributed by atoms with van der Waals surface area (Å²) in [5.74, 6) is -1.02. The maximum Gasteiger partial charge on any atom is 0.416 e. The Bertz CT molecular complexity index is 458. The van der Waals surface area contributed by atoms with Gasteiger partial charge < -0.3 is 10.1 Å². The van der Waals surface area contributed by atoms with Gasteiger partial charge in [0.1, 0.15) is 12.4 Å². The topological polar surface area (TPSA) is 38.3 Å². The van der Waals surface area contributed by atoms with Crippen molar-refractivity contribution in [2.24, 2.45) is 0 Å². The molecule has 1 aliphatic heterocycles. The first-order valence-corrected chi connectivity index (χ1v) is 4.68. The molecule has 1 aromatic rings. The van der Waals surface area contributed by atoms with Crippen LogP contribution in [0.4, 0.5) is 22.4 Å². The van der Waals surface area contributed by atoms with Crippen molar-refractivity contribution in [2.75, 3.05) is 6.61 Å². The molecular formula is C10H7F4NO2. The van der Waals surface area contributed by atoms with Gasteiger partial charge in [-0.25, -0.2) is 9.18 Å². The van der Waals surface area contributed by atoms with E-state index in [0.717, 1.165) is 12.1 Å². The molecule has 1 aliphatic rings. The number of rotatable bonds is 1. The van der Waals surface area contributed by atoms with Crippen molar-refractivity contribution in [3.63, 3.8) is 0 Å². The molecule has 7 heteroatoms. The smallest absolute Gasteiger partial charge is 0.416 e. The average Bonchev–Trinajstić information content (AvgIpc) is 2.63. The Morgan fingerprint density at radius 3 is 2.53 bits per heavy atom. The molecule has 17 heavy (non-hydrogen) atoms. The van der Waals surface area contributed by atoms with Crippen LogP contribution in [0.3, 0.4) is 0 Å². The number of nitrogens with one attached hydrogen (secondary N) is 1. The van der Waals surface area contributed by atoms with Gasteiger partial charge in [-0.05, 0) is 12.1 Å². The summed E-state index contributed by atoms with van der Waals surface area (Å²) >= 11 is 0. The number of benzene rings is 1. The monoisotopic (exact) mass is 249 g/mol. The Kier molecular flexibility index (Phi) is 2.68. The Hall–Kier alpha value is -1.79. The number of alkyl halides is 3. The summed E-state index contributed by atoms with van der Waals surface area (Å²) < 4.78 is 54.8. The molecule has 1 fully saturated rings. The highest BCUT2D eigenvalue weighted by molar-refractivity contribution is 5.70. The molecule has 1 N–H and O–H groups in total. The van der Waals surface area contributed by atoms with Gasteiger partial charge in [-0.15, -0.1) is 0 Å². The molecule has 0 spiro atoms. The van der Waals surface area contributed by atoms with Gasteiger partial charge in [0.25, 0.3) is 0 Å². The number of carbonyl (C=O) groups excluding carboxylic acids is 1. The summed E-state index contributed by atoms with van der Waals surface area (Å²) in [7, 11) is 0. The second-order valence-electron chi connectivity index (χ2n) is 3.53. The van der Waals surface area contributed by atoms with Crippen LogP contribution in [0.25, 0.3) is 0 Å². The van der Waals surface area contributed by atoms with Gasteiger partial charge in [0.05, 0.1) is 11.6 Å². The van der Waals surface area contributed by atoms with Gasteiger partial charge >= 0.3 is 12.3 Å². The van der Waals surface area contributed by atoms with E-state index in [1.54, 1.807) is 0 Å². The maximum atomic E-state index is 13.5. The predicted octanol–water partition coefficient (Wildman–Crippen LogP) is 2.63. The minimum absolute atomic E-state index is 0.0242. The zero-order valence-electron chi connectivity index (χ0n) is 8.34. The molecule has 1 amide bonds. The number of carbonyl (C=O) groups is 1. The standard InChI is InChI=1S/C10H7F4NO2/c11-7-3-5(10(12,13)14)1-2-6(7)8-4-17-9(16)15-8/h1-3,8H,4H2,(H,15,16)/t8-/m0/s1. The summed E-state index contributed by atoms with van der Waals surface area (Å²) in [5, 5.41) is 2.29. The van der Waals surface area contributed by atoms with E-state index in [4.69, 9.17) is 0 Å². The van der Waals surface area contributed by atoms with E-state index in [1.165, 1.54) is 0 Å². The molecule has 0 bridgehead atoms. The normalized spacial score (nSPS) is 20.0. The van der Waals surface area contributed by atoms with Crippen LogP contribution in [0.15, 0.2) is 18.2 Å². The van der Waals surface area contributed by atoms with Crippen LogP contribution in [-0.4, -0.2) is 12.7 Å². The van der Waals surface area contributed by atoms with Gasteiger partial charge in [-0.2, -0.15) is 13.2 Å². The van der Waals surface area contributed by atoms with Crippen molar-refractivity contribution in [2.45, 2.75) is 12.2 Å². The van der Waals surface area contributed by atoms with Crippen LogP contribution in [0, 0.1) is 5.82 Å². The summed E-state index contributed by atoms with van der Waals surface area (Å²) in [6, 6.07) is 1.42. The number of alkyl carbamates (subject to hydrolysis) is 1. The van der Waals surface area contributed by atoms with Crippen LogP contribution in [0.1, 0.15) is 17.2 Å². The lowest BCUT2D eigenvalue weighted by molar-refractivity contribution is -0.137. The molecular weight excluding hydrogens is 242 g/mol. The van der Waals surface area contributed by atoms with Gasteiger partial charge in [-0.1, -0.05) is 6.07 Å². The van der Waals surface area contributed by atoms with E-state index >= 15 is 0 Å². The number of amides is 1. The van der Waals surface area contributed by atoms with E-state index in [9.17, 15) is 22.4 Å². The molecule has 1 saturated heterocycles. The Morgan fingerprint density at radius 2 is 2.06 bits per heavy atom. The molecule has 0 radical (unpaired) electrons. The third-order valence-electron chi connectivity index (χ3n) is 2.38. The zero-order chi connectivity index (χ0) is 12.6. The number of ether oxygens (including phenoxy) is 1. The van der Waals surface area contributed by atoms with Crippen LogP contribution < -0.4 is 5.32 Å². The highest BCUT2D eigenvalue weighted by atomic mass is 19.4. The summed E-state index contributed by atoms with van der Waals surface area (Å²) in [5.41, 5.74) is -1.09. The Morgan fingerprint density at radius 1 is 1.35 bits per heavy atom. The van der Waals surface area contributed by atoms with E-state index < -0.39 is 29.7 Å². The molecule has 0 aromatic heterocycles. The third kappa shape index (κ3) is 2.32. The minimum Gasteiger partial charge on any atom is -0.447 e. The molecule has 1 heterocycles. The van der Waals surface area contributed by atoms with Crippen molar-refractivity contribution < 1.29 is 27.1 Å². The number of cyclic esters (lactones) is 1. The van der Waals surface area contributed by atoms with Gasteiger partial charge in [0.15, 0.2) is 0 Å². The second-order valence-corrected chi connectivity index (χ2v) is 3.53. The first-order valence-electron chi connectivity index (χ1n) is 4.68. The van der Waals surface area contributed by atoms with Gasteiger partial charge in [0.2, 0.25) is 0 Å². The lowest BCUT2D eigenvalue weighted by Gasteiger charge is -2.12. The molecule has 3 nitrogen and oxygen atoms in total. The third-order valence-corrected chi connectivity index (χ3v) is 2.38. The van der Waals surface area contributed by atoms with Crippen LogP contribution in [0.5, 0.6) is 0 Å². The highest BCUT2D eigenvalue weighted by Crippen LogP contribution is 2.31. The Balaban J connectivity index is 2.29. The molecule has 2 rings (SSSR count). The molecule has 1 atom stereocenters. The SMILES string of the molecule is O=C1N[C@H](c2ccc(C(F)(F)F)cc2F)CO1.